The molecule has 3 aromatic rings. The third-order valence-corrected chi connectivity index (χ3v) is 5.25. The lowest BCUT2D eigenvalue weighted by Crippen LogP contribution is -2.34. The lowest BCUT2D eigenvalue weighted by Gasteiger charge is -2.24. The van der Waals surface area contributed by atoms with Gasteiger partial charge in [0.15, 0.2) is 6.61 Å². The molecule has 0 saturated carbocycles. The number of rotatable bonds is 6. The Hall–Kier alpha value is -3.28. The van der Waals surface area contributed by atoms with Crippen LogP contribution in [-0.4, -0.2) is 28.9 Å². The summed E-state index contributed by atoms with van der Waals surface area (Å²) < 4.78 is 32.5. The van der Waals surface area contributed by atoms with Gasteiger partial charge in [0, 0.05) is 18.7 Å². The molecular formula is C24H22F2N2O2. The van der Waals surface area contributed by atoms with Gasteiger partial charge < -0.3 is 9.64 Å². The lowest BCUT2D eigenvalue weighted by molar-refractivity contribution is -0.134. The van der Waals surface area contributed by atoms with E-state index < -0.39 is 0 Å². The van der Waals surface area contributed by atoms with Crippen molar-refractivity contribution < 1.29 is 18.3 Å². The van der Waals surface area contributed by atoms with Gasteiger partial charge in [0.1, 0.15) is 17.4 Å². The number of nitrogens with zero attached hydrogens (tertiary/aromatic N) is 2. The zero-order valence-electron chi connectivity index (χ0n) is 16.4. The molecule has 0 bridgehead atoms. The van der Waals surface area contributed by atoms with Crippen LogP contribution in [0.5, 0.6) is 5.75 Å². The standard InChI is InChI=1S/C24H22F2N2O2/c25-18-10-12-20(13-11-18)30-16-24(29)28-14-4-9-23(28)22-8-3-6-19(27-22)15-17-5-1-2-7-21(17)26/h1-3,5-8,10-13,23H,4,9,14-16H2/t23-/m0/s1. The predicted octanol–water partition coefficient (Wildman–Crippen LogP) is 4.69. The molecule has 2 heterocycles. The fourth-order valence-corrected chi connectivity index (χ4v) is 3.75. The number of benzene rings is 2. The first kappa shape index (κ1) is 20.0. The van der Waals surface area contributed by atoms with Crippen molar-refractivity contribution in [2.24, 2.45) is 0 Å². The minimum absolute atomic E-state index is 0.114. The minimum Gasteiger partial charge on any atom is -0.484 e. The van der Waals surface area contributed by atoms with Crippen LogP contribution in [0.4, 0.5) is 8.78 Å². The average Bonchev–Trinajstić information content (AvgIpc) is 3.25. The Kier molecular flexibility index (Phi) is 6.02. The molecule has 6 heteroatoms. The summed E-state index contributed by atoms with van der Waals surface area (Å²) in [5.74, 6) is -0.288. The molecular weight excluding hydrogens is 386 g/mol. The third-order valence-electron chi connectivity index (χ3n) is 5.25. The van der Waals surface area contributed by atoms with Crippen molar-refractivity contribution >= 4 is 5.91 Å². The molecule has 4 nitrogen and oxygen atoms in total. The van der Waals surface area contributed by atoms with Crippen molar-refractivity contribution in [3.8, 4) is 5.75 Å². The number of carbonyl (C=O) groups excluding carboxylic acids is 1. The first-order chi connectivity index (χ1) is 14.6. The summed E-state index contributed by atoms with van der Waals surface area (Å²) in [6.07, 6.45) is 2.10. The van der Waals surface area contributed by atoms with Crippen LogP contribution in [0.15, 0.2) is 66.7 Å². The highest BCUT2D eigenvalue weighted by Gasteiger charge is 2.31. The van der Waals surface area contributed by atoms with E-state index in [0.717, 1.165) is 24.2 Å². The highest BCUT2D eigenvalue weighted by Crippen LogP contribution is 2.31. The molecule has 30 heavy (non-hydrogen) atoms. The molecule has 4 rings (SSSR count). The van der Waals surface area contributed by atoms with E-state index in [4.69, 9.17) is 9.72 Å². The van der Waals surface area contributed by atoms with E-state index in [0.29, 0.717) is 24.3 Å². The summed E-state index contributed by atoms with van der Waals surface area (Å²) in [5, 5.41) is 0. The zero-order valence-corrected chi connectivity index (χ0v) is 16.4. The first-order valence-electron chi connectivity index (χ1n) is 9.97. The van der Waals surface area contributed by atoms with Gasteiger partial charge in [-0.1, -0.05) is 24.3 Å². The van der Waals surface area contributed by atoms with Crippen LogP contribution in [0.3, 0.4) is 0 Å². The Morgan fingerprint density at radius 3 is 2.63 bits per heavy atom. The van der Waals surface area contributed by atoms with Crippen LogP contribution in [0.25, 0.3) is 0 Å². The van der Waals surface area contributed by atoms with Gasteiger partial charge in [0.05, 0.1) is 11.7 Å². The highest BCUT2D eigenvalue weighted by molar-refractivity contribution is 5.78. The van der Waals surface area contributed by atoms with Crippen LogP contribution in [0, 0.1) is 11.6 Å². The molecule has 0 radical (unpaired) electrons. The van der Waals surface area contributed by atoms with Crippen molar-refractivity contribution in [3.63, 3.8) is 0 Å². The van der Waals surface area contributed by atoms with Crippen LogP contribution < -0.4 is 4.74 Å². The number of aromatic nitrogens is 1. The summed E-state index contributed by atoms with van der Waals surface area (Å²) in [6, 6.07) is 17.8. The highest BCUT2D eigenvalue weighted by atomic mass is 19.1. The maximum atomic E-state index is 14.0. The van der Waals surface area contributed by atoms with E-state index in [-0.39, 0.29) is 30.2 Å². The number of pyridine rings is 1. The van der Waals surface area contributed by atoms with E-state index in [1.807, 2.05) is 18.2 Å². The van der Waals surface area contributed by atoms with Crippen molar-refractivity contribution in [2.75, 3.05) is 13.2 Å². The minimum atomic E-state index is -0.352. The van der Waals surface area contributed by atoms with Gasteiger partial charge in [0.25, 0.3) is 5.91 Å². The summed E-state index contributed by atoms with van der Waals surface area (Å²) in [4.78, 5) is 19.2. The maximum Gasteiger partial charge on any atom is 0.261 e. The number of carbonyl (C=O) groups is 1. The Labute approximate surface area is 174 Å². The molecule has 1 atom stereocenters. The van der Waals surface area contributed by atoms with E-state index >= 15 is 0 Å². The lowest BCUT2D eigenvalue weighted by atomic mass is 10.1. The molecule has 0 N–H and O–H groups in total. The number of likely N-dealkylation sites (tertiary alicyclic amines) is 1. The van der Waals surface area contributed by atoms with Gasteiger partial charge in [-0.2, -0.15) is 0 Å². The molecule has 0 aliphatic carbocycles. The predicted molar refractivity (Wildman–Crippen MR) is 109 cm³/mol. The van der Waals surface area contributed by atoms with Crippen molar-refractivity contribution in [1.82, 2.24) is 9.88 Å². The SMILES string of the molecule is O=C(COc1ccc(F)cc1)N1CCC[C@H]1c1cccc(Cc2ccccc2F)n1. The van der Waals surface area contributed by atoms with Crippen LogP contribution in [0.2, 0.25) is 0 Å². The number of amides is 1. The summed E-state index contributed by atoms with van der Waals surface area (Å²) in [5.41, 5.74) is 2.16. The molecule has 0 unspecified atom stereocenters. The van der Waals surface area contributed by atoms with Crippen LogP contribution in [0.1, 0.15) is 35.8 Å². The maximum absolute atomic E-state index is 14.0. The van der Waals surface area contributed by atoms with Gasteiger partial charge in [-0.3, -0.25) is 9.78 Å². The molecule has 1 amide bonds. The Morgan fingerprint density at radius 1 is 1.03 bits per heavy atom. The molecule has 2 aromatic carbocycles. The zero-order chi connectivity index (χ0) is 20.9. The molecule has 1 saturated heterocycles. The normalized spacial score (nSPS) is 15.9. The van der Waals surface area contributed by atoms with Crippen molar-refractivity contribution in [3.05, 3.63) is 95.3 Å². The fraction of sp³-hybridized carbons (Fsp3) is 0.250. The summed E-state index contributed by atoms with van der Waals surface area (Å²) in [7, 11) is 0. The third kappa shape index (κ3) is 4.64. The number of ether oxygens (including phenoxy) is 1. The van der Waals surface area contributed by atoms with Crippen molar-refractivity contribution in [1.29, 1.82) is 0 Å². The van der Waals surface area contributed by atoms with Crippen LogP contribution in [-0.2, 0) is 11.2 Å². The van der Waals surface area contributed by atoms with Gasteiger partial charge in [-0.25, -0.2) is 8.78 Å². The molecule has 1 aliphatic heterocycles. The monoisotopic (exact) mass is 408 g/mol. The Balaban J connectivity index is 1.44. The number of halogens is 2. The molecule has 1 aliphatic rings. The summed E-state index contributed by atoms with van der Waals surface area (Å²) >= 11 is 0. The Morgan fingerprint density at radius 2 is 1.83 bits per heavy atom. The molecule has 1 fully saturated rings. The second kappa shape index (κ2) is 9.03. The van der Waals surface area contributed by atoms with Crippen LogP contribution >= 0.6 is 0 Å². The van der Waals surface area contributed by atoms with Gasteiger partial charge in [-0.15, -0.1) is 0 Å². The fourth-order valence-electron chi connectivity index (χ4n) is 3.75. The van der Waals surface area contributed by atoms with E-state index in [2.05, 4.69) is 0 Å². The summed E-state index contributed by atoms with van der Waals surface area (Å²) in [6.45, 7) is 0.520. The number of hydrogen-bond acceptors (Lipinski definition) is 3. The first-order valence-corrected chi connectivity index (χ1v) is 9.97. The largest absolute Gasteiger partial charge is 0.484 e. The number of hydrogen-bond donors (Lipinski definition) is 0. The quantitative estimate of drug-likeness (QED) is 0.594. The van der Waals surface area contributed by atoms with Gasteiger partial charge in [0.2, 0.25) is 0 Å². The second-order valence-corrected chi connectivity index (χ2v) is 7.31. The second-order valence-electron chi connectivity index (χ2n) is 7.31. The van der Waals surface area contributed by atoms with E-state index in [1.54, 1.807) is 23.1 Å². The van der Waals surface area contributed by atoms with Gasteiger partial charge in [-0.05, 0) is 60.9 Å². The Bertz CT molecular complexity index is 1020. The van der Waals surface area contributed by atoms with E-state index in [9.17, 15) is 13.6 Å². The molecule has 1 aromatic heterocycles. The van der Waals surface area contributed by atoms with Gasteiger partial charge >= 0.3 is 0 Å². The topological polar surface area (TPSA) is 42.4 Å². The van der Waals surface area contributed by atoms with Crippen molar-refractivity contribution in [2.45, 2.75) is 25.3 Å². The van der Waals surface area contributed by atoms with E-state index in [1.165, 1.54) is 30.3 Å². The molecule has 0 spiro atoms. The molecule has 154 valence electrons. The average molecular weight is 408 g/mol. The smallest absolute Gasteiger partial charge is 0.261 e.